The van der Waals surface area contributed by atoms with E-state index >= 15 is 0 Å². The molecule has 20 heavy (non-hydrogen) atoms. The predicted molar refractivity (Wildman–Crippen MR) is 69.4 cm³/mol. The van der Waals surface area contributed by atoms with Crippen molar-refractivity contribution in [3.63, 3.8) is 0 Å². The van der Waals surface area contributed by atoms with Gasteiger partial charge in [0.2, 0.25) is 5.82 Å². The molecule has 0 aliphatic heterocycles. The van der Waals surface area contributed by atoms with Gasteiger partial charge in [-0.15, -0.1) is 0 Å². The van der Waals surface area contributed by atoms with E-state index in [4.69, 9.17) is 0 Å². The van der Waals surface area contributed by atoms with Crippen molar-refractivity contribution in [1.82, 2.24) is 4.98 Å². The van der Waals surface area contributed by atoms with Crippen LogP contribution in [-0.4, -0.2) is 16.5 Å². The Morgan fingerprint density at radius 1 is 1.30 bits per heavy atom. The maximum Gasteiger partial charge on any atom is 0.327 e. The van der Waals surface area contributed by atoms with Crippen molar-refractivity contribution < 1.29 is 13.7 Å². The minimum Gasteiger partial charge on any atom is -0.379 e. The van der Waals surface area contributed by atoms with Crippen LogP contribution in [0.4, 0.5) is 20.2 Å². The molecule has 0 bridgehead atoms. The van der Waals surface area contributed by atoms with Crippen molar-refractivity contribution in [2.45, 2.75) is 6.42 Å². The van der Waals surface area contributed by atoms with Gasteiger partial charge in [0.05, 0.1) is 4.92 Å². The van der Waals surface area contributed by atoms with Crippen LogP contribution in [0.15, 0.2) is 36.5 Å². The molecule has 0 saturated carbocycles. The van der Waals surface area contributed by atoms with Gasteiger partial charge in [-0.3, -0.25) is 15.1 Å². The van der Waals surface area contributed by atoms with E-state index in [1.54, 1.807) is 18.3 Å². The second-order valence-corrected chi connectivity index (χ2v) is 4.04. The lowest BCUT2D eigenvalue weighted by molar-refractivity contribution is -0.386. The summed E-state index contributed by atoms with van der Waals surface area (Å²) in [7, 11) is 0. The van der Waals surface area contributed by atoms with Crippen molar-refractivity contribution in [1.29, 1.82) is 0 Å². The highest BCUT2D eigenvalue weighted by molar-refractivity contribution is 5.62. The summed E-state index contributed by atoms with van der Waals surface area (Å²) in [6.07, 6.45) is 2.11. The Balaban J connectivity index is 2.11. The first-order valence-electron chi connectivity index (χ1n) is 5.85. The van der Waals surface area contributed by atoms with Crippen LogP contribution in [0.25, 0.3) is 0 Å². The summed E-state index contributed by atoms with van der Waals surface area (Å²) >= 11 is 0. The molecule has 0 spiro atoms. The van der Waals surface area contributed by atoms with Crippen molar-refractivity contribution in [3.8, 4) is 0 Å². The number of nitro benzene ring substituents is 1. The van der Waals surface area contributed by atoms with Crippen molar-refractivity contribution in [3.05, 3.63) is 64.0 Å². The Kier molecular flexibility index (Phi) is 4.19. The fourth-order valence-corrected chi connectivity index (χ4v) is 1.76. The topological polar surface area (TPSA) is 68.1 Å². The van der Waals surface area contributed by atoms with E-state index in [2.05, 4.69) is 10.3 Å². The summed E-state index contributed by atoms with van der Waals surface area (Å²) < 4.78 is 26.5. The molecule has 0 radical (unpaired) electrons. The number of hydrogen-bond donors (Lipinski definition) is 1. The van der Waals surface area contributed by atoms with E-state index in [9.17, 15) is 18.9 Å². The van der Waals surface area contributed by atoms with Crippen LogP contribution in [0.2, 0.25) is 0 Å². The summed E-state index contributed by atoms with van der Waals surface area (Å²) in [4.78, 5) is 14.0. The van der Waals surface area contributed by atoms with Crippen LogP contribution in [-0.2, 0) is 6.42 Å². The lowest BCUT2D eigenvalue weighted by Gasteiger charge is -2.07. The molecule has 1 aromatic heterocycles. The van der Waals surface area contributed by atoms with Gasteiger partial charge >= 0.3 is 5.69 Å². The average Bonchev–Trinajstić information content (AvgIpc) is 2.38. The van der Waals surface area contributed by atoms with E-state index in [-0.39, 0.29) is 12.2 Å². The normalized spacial score (nSPS) is 10.3. The first-order chi connectivity index (χ1) is 9.58. The van der Waals surface area contributed by atoms with Crippen LogP contribution >= 0.6 is 0 Å². The summed E-state index contributed by atoms with van der Waals surface area (Å²) in [5, 5.41) is 13.4. The molecule has 0 amide bonds. The maximum absolute atomic E-state index is 13.4. The second-order valence-electron chi connectivity index (χ2n) is 4.04. The Hall–Kier alpha value is -2.57. The molecule has 5 nitrogen and oxygen atoms in total. The van der Waals surface area contributed by atoms with Gasteiger partial charge in [-0.25, -0.2) is 4.39 Å². The molecule has 1 heterocycles. The van der Waals surface area contributed by atoms with E-state index in [1.165, 1.54) is 0 Å². The first-order valence-corrected chi connectivity index (χ1v) is 5.85. The van der Waals surface area contributed by atoms with Crippen LogP contribution < -0.4 is 5.32 Å². The Morgan fingerprint density at radius 3 is 2.75 bits per heavy atom. The monoisotopic (exact) mass is 279 g/mol. The molecule has 0 saturated heterocycles. The third-order valence-corrected chi connectivity index (χ3v) is 2.63. The van der Waals surface area contributed by atoms with Crippen LogP contribution in [0.5, 0.6) is 0 Å². The van der Waals surface area contributed by atoms with E-state index in [0.717, 1.165) is 11.8 Å². The number of nitrogens with one attached hydrogen (secondary N) is 1. The third kappa shape index (κ3) is 3.25. The molecule has 0 unspecified atom stereocenters. The van der Waals surface area contributed by atoms with E-state index in [1.807, 2.05) is 6.07 Å². The maximum atomic E-state index is 13.4. The minimum atomic E-state index is -1.20. The van der Waals surface area contributed by atoms with E-state index < -0.39 is 22.2 Å². The zero-order valence-electron chi connectivity index (χ0n) is 10.3. The lowest BCUT2D eigenvalue weighted by atomic mass is 10.2. The van der Waals surface area contributed by atoms with Crippen molar-refractivity contribution >= 4 is 11.4 Å². The third-order valence-electron chi connectivity index (χ3n) is 2.63. The lowest BCUT2D eigenvalue weighted by Crippen LogP contribution is -2.09. The fraction of sp³-hybridized carbons (Fsp3) is 0.154. The summed E-state index contributed by atoms with van der Waals surface area (Å²) in [6.45, 7) is 0.279. The quantitative estimate of drug-likeness (QED) is 0.675. The number of hydrogen-bond acceptors (Lipinski definition) is 4. The van der Waals surface area contributed by atoms with Crippen molar-refractivity contribution in [2.24, 2.45) is 0 Å². The Morgan fingerprint density at radius 2 is 2.10 bits per heavy atom. The Labute approximate surface area is 113 Å². The number of anilines is 1. The molecule has 0 atom stereocenters. The molecule has 1 N–H and O–H groups in total. The van der Waals surface area contributed by atoms with Crippen molar-refractivity contribution in [2.75, 3.05) is 11.9 Å². The van der Waals surface area contributed by atoms with E-state index in [0.29, 0.717) is 12.5 Å². The molecule has 0 aliphatic rings. The number of aromatic nitrogens is 1. The van der Waals surface area contributed by atoms with Gasteiger partial charge < -0.3 is 5.32 Å². The standard InChI is InChI=1S/C13H11F2N3O2/c14-9-7-11(15)13(18(19)20)12(8-9)17-6-4-10-3-1-2-5-16-10/h1-3,5,7-8,17H,4,6H2. The van der Waals surface area contributed by atoms with Crippen LogP contribution in [0, 0.1) is 21.7 Å². The number of nitrogens with zero attached hydrogens (tertiary/aromatic N) is 2. The molecule has 0 aliphatic carbocycles. The molecule has 1 aromatic carbocycles. The molecular weight excluding hydrogens is 268 g/mol. The number of benzene rings is 1. The highest BCUT2D eigenvalue weighted by Crippen LogP contribution is 2.28. The average molecular weight is 279 g/mol. The number of nitro groups is 1. The SMILES string of the molecule is O=[N+]([O-])c1c(F)cc(F)cc1NCCc1ccccn1. The van der Waals surface area contributed by atoms with Crippen LogP contribution in [0.3, 0.4) is 0 Å². The number of pyridine rings is 1. The van der Waals surface area contributed by atoms with Gasteiger partial charge in [0.1, 0.15) is 11.5 Å². The van der Waals surface area contributed by atoms with Crippen LogP contribution in [0.1, 0.15) is 5.69 Å². The second kappa shape index (κ2) is 6.05. The summed E-state index contributed by atoms with van der Waals surface area (Å²) in [5.41, 5.74) is -0.157. The fourth-order valence-electron chi connectivity index (χ4n) is 1.76. The summed E-state index contributed by atoms with van der Waals surface area (Å²) in [5.74, 6) is -2.07. The molecule has 104 valence electrons. The molecule has 0 fully saturated rings. The zero-order chi connectivity index (χ0) is 14.5. The highest BCUT2D eigenvalue weighted by Gasteiger charge is 2.21. The highest BCUT2D eigenvalue weighted by atomic mass is 19.1. The number of rotatable bonds is 5. The Bertz CT molecular complexity index is 621. The van der Waals surface area contributed by atoms with Gasteiger partial charge in [0, 0.05) is 37.0 Å². The predicted octanol–water partition coefficient (Wildman–Crippen LogP) is 2.92. The van der Waals surface area contributed by atoms with Gasteiger partial charge in [0.25, 0.3) is 0 Å². The minimum absolute atomic E-state index is 0.177. The summed E-state index contributed by atoms with van der Waals surface area (Å²) in [6, 6.07) is 6.76. The number of halogens is 2. The largest absolute Gasteiger partial charge is 0.379 e. The molecule has 2 aromatic rings. The smallest absolute Gasteiger partial charge is 0.327 e. The zero-order valence-corrected chi connectivity index (χ0v) is 10.3. The van der Waals surface area contributed by atoms with Gasteiger partial charge in [0.15, 0.2) is 0 Å². The first kappa shape index (κ1) is 13.9. The molecular formula is C13H11F2N3O2. The molecule has 2 rings (SSSR count). The molecule has 7 heteroatoms. The van der Waals surface area contributed by atoms with Gasteiger partial charge in [-0.2, -0.15) is 4.39 Å². The van der Waals surface area contributed by atoms with Gasteiger partial charge in [-0.1, -0.05) is 6.07 Å². The van der Waals surface area contributed by atoms with Gasteiger partial charge in [-0.05, 0) is 12.1 Å².